The van der Waals surface area contributed by atoms with Gasteiger partial charge in [-0.15, -0.1) is 0 Å². The van der Waals surface area contributed by atoms with Crippen molar-refractivity contribution in [2.45, 2.75) is 13.0 Å². The van der Waals surface area contributed by atoms with E-state index in [1.54, 1.807) is 11.0 Å². The number of hydrogen-bond donors (Lipinski definition) is 1. The summed E-state index contributed by atoms with van der Waals surface area (Å²) < 4.78 is 13.5. The number of nitrogens with one attached hydrogen (secondary N) is 1. The van der Waals surface area contributed by atoms with Gasteiger partial charge in [-0.1, -0.05) is 35.9 Å². The topological polar surface area (TPSA) is 59.4 Å². The molecule has 0 bridgehead atoms. The lowest BCUT2D eigenvalue weighted by molar-refractivity contribution is 0.253. The van der Waals surface area contributed by atoms with E-state index < -0.39 is 5.82 Å². The van der Waals surface area contributed by atoms with Crippen molar-refractivity contribution < 1.29 is 9.18 Å². The van der Waals surface area contributed by atoms with Gasteiger partial charge in [0, 0.05) is 24.0 Å². The van der Waals surface area contributed by atoms with Crippen molar-refractivity contribution in [1.29, 1.82) is 5.26 Å². The first kappa shape index (κ1) is 23.3. The van der Waals surface area contributed by atoms with Gasteiger partial charge >= 0.3 is 6.03 Å². The number of anilines is 2. The fourth-order valence-corrected chi connectivity index (χ4v) is 3.70. The van der Waals surface area contributed by atoms with Gasteiger partial charge in [0.2, 0.25) is 0 Å². The molecule has 0 heterocycles. The van der Waals surface area contributed by atoms with Gasteiger partial charge < -0.3 is 10.2 Å². The zero-order valence-electron chi connectivity index (χ0n) is 18.1. The Balaban J connectivity index is 1.90. The van der Waals surface area contributed by atoms with Gasteiger partial charge in [0.05, 0.1) is 16.7 Å². The van der Waals surface area contributed by atoms with Crippen LogP contribution >= 0.6 is 11.6 Å². The summed E-state index contributed by atoms with van der Waals surface area (Å²) >= 11 is 5.86. The summed E-state index contributed by atoms with van der Waals surface area (Å²) in [6.45, 7) is 2.60. The van der Waals surface area contributed by atoms with Crippen LogP contribution in [0.1, 0.15) is 12.5 Å². The molecule has 0 radical (unpaired) electrons. The number of benzene rings is 3. The van der Waals surface area contributed by atoms with Gasteiger partial charge in [-0.25, -0.2) is 9.18 Å². The van der Waals surface area contributed by atoms with E-state index >= 15 is 0 Å². The molecule has 1 unspecified atom stereocenters. The zero-order valence-corrected chi connectivity index (χ0v) is 18.9. The van der Waals surface area contributed by atoms with E-state index in [0.29, 0.717) is 23.5 Å². The van der Waals surface area contributed by atoms with Crippen LogP contribution in [0.4, 0.5) is 20.6 Å². The summed E-state index contributed by atoms with van der Waals surface area (Å²) in [5.41, 5.74) is 3.58. The highest BCUT2D eigenvalue weighted by molar-refractivity contribution is 6.31. The standard InChI is InChI=1S/C25H24ClFN4O/c1-17(16-30(2)3)31(25(32)29-21-9-12-24(27)23(26)14-21)22-10-7-19(8-11-22)20-6-4-5-18(13-20)15-28/h4-14,17H,16H2,1-3H3,(H,29,32). The number of rotatable bonds is 6. The maximum absolute atomic E-state index is 13.5. The Morgan fingerprint density at radius 2 is 1.81 bits per heavy atom. The third-order valence-corrected chi connectivity index (χ3v) is 5.22. The summed E-state index contributed by atoms with van der Waals surface area (Å²) in [7, 11) is 3.88. The van der Waals surface area contributed by atoms with Crippen LogP contribution in [-0.4, -0.2) is 37.6 Å². The predicted octanol–water partition coefficient (Wildman–Crippen LogP) is 6.01. The first-order valence-electron chi connectivity index (χ1n) is 10.1. The monoisotopic (exact) mass is 450 g/mol. The van der Waals surface area contributed by atoms with E-state index in [9.17, 15) is 9.18 Å². The maximum Gasteiger partial charge on any atom is 0.326 e. The Morgan fingerprint density at radius 1 is 1.09 bits per heavy atom. The van der Waals surface area contributed by atoms with Crippen LogP contribution in [0.15, 0.2) is 66.7 Å². The van der Waals surface area contributed by atoms with Crippen molar-refractivity contribution in [3.05, 3.63) is 83.1 Å². The van der Waals surface area contributed by atoms with Crippen LogP contribution < -0.4 is 10.2 Å². The number of carbonyl (C=O) groups excluding carboxylic acids is 1. The molecule has 1 N–H and O–H groups in total. The summed E-state index contributed by atoms with van der Waals surface area (Å²) in [5, 5.41) is 11.9. The molecule has 0 aliphatic heterocycles. The van der Waals surface area contributed by atoms with Crippen molar-refractivity contribution in [3.63, 3.8) is 0 Å². The highest BCUT2D eigenvalue weighted by Crippen LogP contribution is 2.26. The molecular formula is C25H24ClFN4O. The Labute approximate surface area is 192 Å². The molecule has 0 fully saturated rings. The fourth-order valence-electron chi connectivity index (χ4n) is 3.52. The molecule has 0 saturated carbocycles. The summed E-state index contributed by atoms with van der Waals surface area (Å²) in [6.07, 6.45) is 0. The van der Waals surface area contributed by atoms with Crippen LogP contribution in [0.25, 0.3) is 11.1 Å². The zero-order chi connectivity index (χ0) is 23.3. The SMILES string of the molecule is CC(CN(C)C)N(C(=O)Nc1ccc(F)c(Cl)c1)c1ccc(-c2cccc(C#N)c2)cc1. The first-order chi connectivity index (χ1) is 15.3. The summed E-state index contributed by atoms with van der Waals surface area (Å²) in [4.78, 5) is 16.9. The molecule has 0 spiro atoms. The average molecular weight is 451 g/mol. The molecule has 164 valence electrons. The molecule has 0 aliphatic rings. The van der Waals surface area contributed by atoms with Gasteiger partial charge in [0.25, 0.3) is 0 Å². The number of urea groups is 1. The van der Waals surface area contributed by atoms with E-state index in [2.05, 4.69) is 11.4 Å². The predicted molar refractivity (Wildman–Crippen MR) is 128 cm³/mol. The van der Waals surface area contributed by atoms with Gasteiger partial charge in [-0.3, -0.25) is 4.90 Å². The van der Waals surface area contributed by atoms with Crippen molar-refractivity contribution in [3.8, 4) is 17.2 Å². The molecule has 32 heavy (non-hydrogen) atoms. The molecule has 0 aromatic heterocycles. The van der Waals surface area contributed by atoms with E-state index in [-0.39, 0.29) is 17.1 Å². The molecule has 0 aliphatic carbocycles. The van der Waals surface area contributed by atoms with Crippen molar-refractivity contribution >= 4 is 29.0 Å². The minimum absolute atomic E-state index is 0.0559. The van der Waals surface area contributed by atoms with Gasteiger partial charge in [0.1, 0.15) is 5.82 Å². The Hall–Kier alpha value is -3.40. The van der Waals surface area contributed by atoms with Crippen LogP contribution in [0.2, 0.25) is 5.02 Å². The number of amides is 2. The quantitative estimate of drug-likeness (QED) is 0.500. The lowest BCUT2D eigenvalue weighted by Gasteiger charge is -2.31. The van der Waals surface area contributed by atoms with E-state index in [1.807, 2.05) is 68.4 Å². The molecular weight excluding hydrogens is 427 g/mol. The first-order valence-corrected chi connectivity index (χ1v) is 10.5. The summed E-state index contributed by atoms with van der Waals surface area (Å²) in [5.74, 6) is -0.543. The molecule has 3 rings (SSSR count). The number of nitriles is 1. The van der Waals surface area contributed by atoms with E-state index in [1.165, 1.54) is 18.2 Å². The molecule has 3 aromatic rings. The lowest BCUT2D eigenvalue weighted by atomic mass is 10.0. The minimum Gasteiger partial charge on any atom is -0.307 e. The van der Waals surface area contributed by atoms with Crippen LogP contribution in [0.3, 0.4) is 0 Å². The number of likely N-dealkylation sites (N-methyl/N-ethyl adjacent to an activating group) is 1. The average Bonchev–Trinajstić information content (AvgIpc) is 2.76. The highest BCUT2D eigenvalue weighted by atomic mass is 35.5. The lowest BCUT2D eigenvalue weighted by Crippen LogP contribution is -2.46. The molecule has 1 atom stereocenters. The van der Waals surface area contributed by atoms with Crippen LogP contribution in [0.5, 0.6) is 0 Å². The second-order valence-electron chi connectivity index (χ2n) is 7.78. The number of halogens is 2. The third-order valence-electron chi connectivity index (χ3n) is 4.93. The van der Waals surface area contributed by atoms with E-state index in [0.717, 1.165) is 11.1 Å². The third kappa shape index (κ3) is 5.64. The second-order valence-corrected chi connectivity index (χ2v) is 8.19. The number of carbonyl (C=O) groups is 1. The van der Waals surface area contributed by atoms with Crippen molar-refractivity contribution in [2.75, 3.05) is 30.9 Å². The fraction of sp³-hybridized carbons (Fsp3) is 0.200. The van der Waals surface area contributed by atoms with Gasteiger partial charge in [-0.05, 0) is 74.6 Å². The molecule has 7 heteroatoms. The Kier molecular flexibility index (Phi) is 7.47. The van der Waals surface area contributed by atoms with Crippen molar-refractivity contribution in [1.82, 2.24) is 4.90 Å². The van der Waals surface area contributed by atoms with Crippen LogP contribution in [0, 0.1) is 17.1 Å². The summed E-state index contributed by atoms with van der Waals surface area (Å²) in [6, 6.07) is 20.7. The highest BCUT2D eigenvalue weighted by Gasteiger charge is 2.23. The molecule has 0 saturated heterocycles. The normalized spacial score (nSPS) is 11.7. The largest absolute Gasteiger partial charge is 0.326 e. The van der Waals surface area contributed by atoms with Gasteiger partial charge in [0.15, 0.2) is 0 Å². The maximum atomic E-state index is 13.5. The number of nitrogens with zero attached hydrogens (tertiary/aromatic N) is 3. The smallest absolute Gasteiger partial charge is 0.307 e. The Bertz CT molecular complexity index is 1140. The molecule has 3 aromatic carbocycles. The Morgan fingerprint density at radius 3 is 2.44 bits per heavy atom. The van der Waals surface area contributed by atoms with Crippen LogP contribution in [-0.2, 0) is 0 Å². The second kappa shape index (κ2) is 10.3. The van der Waals surface area contributed by atoms with Crippen molar-refractivity contribution in [2.24, 2.45) is 0 Å². The molecule has 5 nitrogen and oxygen atoms in total. The minimum atomic E-state index is -0.543. The molecule has 2 amide bonds. The van der Waals surface area contributed by atoms with E-state index in [4.69, 9.17) is 16.9 Å². The number of hydrogen-bond acceptors (Lipinski definition) is 3. The van der Waals surface area contributed by atoms with Gasteiger partial charge in [-0.2, -0.15) is 5.26 Å².